The van der Waals surface area contributed by atoms with Crippen LogP contribution in [0.5, 0.6) is 0 Å². The van der Waals surface area contributed by atoms with Crippen molar-refractivity contribution in [1.29, 1.82) is 0 Å². The van der Waals surface area contributed by atoms with E-state index < -0.39 is 0 Å². The van der Waals surface area contributed by atoms with Crippen molar-refractivity contribution in [3.63, 3.8) is 0 Å². The number of carbonyl (C=O) groups excluding carboxylic acids is 1. The molecule has 4 nitrogen and oxygen atoms in total. The van der Waals surface area contributed by atoms with Gasteiger partial charge in [0.1, 0.15) is 0 Å². The van der Waals surface area contributed by atoms with Crippen molar-refractivity contribution >= 4 is 5.91 Å². The maximum atomic E-state index is 12.1. The van der Waals surface area contributed by atoms with Gasteiger partial charge in [0.2, 0.25) is 5.91 Å². The third kappa shape index (κ3) is 6.92. The molecule has 1 heterocycles. The van der Waals surface area contributed by atoms with E-state index in [9.17, 15) is 9.90 Å². The highest BCUT2D eigenvalue weighted by molar-refractivity contribution is 5.78. The first kappa shape index (κ1) is 16.4. The second-order valence-electron chi connectivity index (χ2n) is 6.86. The van der Waals surface area contributed by atoms with Crippen LogP contribution in [0.3, 0.4) is 0 Å². The van der Waals surface area contributed by atoms with Gasteiger partial charge in [-0.3, -0.25) is 9.69 Å². The molecule has 0 aromatic heterocycles. The largest absolute Gasteiger partial charge is 0.393 e. The van der Waals surface area contributed by atoms with Gasteiger partial charge < -0.3 is 10.4 Å². The molecule has 112 valence electrons. The zero-order chi connectivity index (χ0) is 14.5. The standard InChI is InChI=1S/C15H30N2O2/c1-12(18)10-13-8-6-5-7-9-17(13)11-14(19)16-15(2,3)4/h12-13,18H,5-11H2,1-4H3,(H,16,19). The smallest absolute Gasteiger partial charge is 0.234 e. The van der Waals surface area contributed by atoms with E-state index in [0.29, 0.717) is 12.6 Å². The molecule has 2 N–H and O–H groups in total. The van der Waals surface area contributed by atoms with Crippen LogP contribution in [-0.4, -0.2) is 46.7 Å². The lowest BCUT2D eigenvalue weighted by molar-refractivity contribution is -0.124. The lowest BCUT2D eigenvalue weighted by Crippen LogP contribution is -2.48. The molecular formula is C15H30N2O2. The molecular weight excluding hydrogens is 240 g/mol. The summed E-state index contributed by atoms with van der Waals surface area (Å²) < 4.78 is 0. The third-order valence-electron chi connectivity index (χ3n) is 3.47. The summed E-state index contributed by atoms with van der Waals surface area (Å²) in [5, 5.41) is 12.6. The summed E-state index contributed by atoms with van der Waals surface area (Å²) in [6.45, 7) is 9.25. The number of carbonyl (C=O) groups is 1. The molecule has 0 radical (unpaired) electrons. The van der Waals surface area contributed by atoms with Gasteiger partial charge in [-0.25, -0.2) is 0 Å². The van der Waals surface area contributed by atoms with Gasteiger partial charge in [0.15, 0.2) is 0 Å². The van der Waals surface area contributed by atoms with Crippen molar-refractivity contribution < 1.29 is 9.90 Å². The van der Waals surface area contributed by atoms with Crippen molar-refractivity contribution in [2.75, 3.05) is 13.1 Å². The van der Waals surface area contributed by atoms with E-state index in [1.54, 1.807) is 0 Å². The van der Waals surface area contributed by atoms with Gasteiger partial charge in [-0.1, -0.05) is 12.8 Å². The lowest BCUT2D eigenvalue weighted by Gasteiger charge is -2.31. The number of nitrogens with one attached hydrogen (secondary N) is 1. The van der Waals surface area contributed by atoms with Crippen LogP contribution in [0, 0.1) is 0 Å². The minimum atomic E-state index is -0.295. The zero-order valence-corrected chi connectivity index (χ0v) is 12.9. The Kier molecular flexibility index (Phi) is 6.27. The normalized spacial score (nSPS) is 23.7. The van der Waals surface area contributed by atoms with Crippen molar-refractivity contribution in [2.24, 2.45) is 0 Å². The Hall–Kier alpha value is -0.610. The zero-order valence-electron chi connectivity index (χ0n) is 12.9. The molecule has 1 aliphatic rings. The number of likely N-dealkylation sites (tertiary alicyclic amines) is 1. The maximum absolute atomic E-state index is 12.1. The number of aliphatic hydroxyl groups is 1. The summed E-state index contributed by atoms with van der Waals surface area (Å²) in [4.78, 5) is 14.3. The highest BCUT2D eigenvalue weighted by Gasteiger charge is 2.25. The molecule has 2 atom stereocenters. The minimum Gasteiger partial charge on any atom is -0.393 e. The Balaban J connectivity index is 2.57. The van der Waals surface area contributed by atoms with Crippen LogP contribution in [-0.2, 0) is 4.79 Å². The number of hydrogen-bond donors (Lipinski definition) is 2. The molecule has 1 rings (SSSR count). The monoisotopic (exact) mass is 270 g/mol. The molecule has 0 aromatic rings. The maximum Gasteiger partial charge on any atom is 0.234 e. The topological polar surface area (TPSA) is 52.6 Å². The van der Waals surface area contributed by atoms with Crippen molar-refractivity contribution in [2.45, 2.75) is 77.5 Å². The predicted octanol–water partition coefficient (Wildman–Crippen LogP) is 1.92. The predicted molar refractivity (Wildman–Crippen MR) is 78.0 cm³/mol. The number of amides is 1. The van der Waals surface area contributed by atoms with E-state index in [-0.39, 0.29) is 17.6 Å². The fourth-order valence-corrected chi connectivity index (χ4v) is 2.75. The van der Waals surface area contributed by atoms with Crippen molar-refractivity contribution in [3.8, 4) is 0 Å². The molecule has 0 saturated carbocycles. The van der Waals surface area contributed by atoms with Crippen LogP contribution in [0.2, 0.25) is 0 Å². The molecule has 19 heavy (non-hydrogen) atoms. The van der Waals surface area contributed by atoms with E-state index in [1.807, 2.05) is 27.7 Å². The highest BCUT2D eigenvalue weighted by Crippen LogP contribution is 2.20. The Labute approximate surface area is 117 Å². The summed E-state index contributed by atoms with van der Waals surface area (Å²) in [6, 6.07) is 0.341. The molecule has 1 saturated heterocycles. The van der Waals surface area contributed by atoms with Gasteiger partial charge >= 0.3 is 0 Å². The van der Waals surface area contributed by atoms with Gasteiger partial charge in [0, 0.05) is 11.6 Å². The molecule has 1 amide bonds. The van der Waals surface area contributed by atoms with Gasteiger partial charge in [-0.15, -0.1) is 0 Å². The average molecular weight is 270 g/mol. The van der Waals surface area contributed by atoms with Gasteiger partial charge in [-0.05, 0) is 53.5 Å². The third-order valence-corrected chi connectivity index (χ3v) is 3.47. The molecule has 2 unspecified atom stereocenters. The Morgan fingerprint density at radius 2 is 2.05 bits per heavy atom. The van der Waals surface area contributed by atoms with Crippen LogP contribution in [0.4, 0.5) is 0 Å². The van der Waals surface area contributed by atoms with Crippen LogP contribution in [0.1, 0.15) is 59.8 Å². The number of hydrogen-bond acceptors (Lipinski definition) is 3. The first-order valence-corrected chi connectivity index (χ1v) is 7.51. The van der Waals surface area contributed by atoms with Crippen LogP contribution in [0.15, 0.2) is 0 Å². The van der Waals surface area contributed by atoms with Gasteiger partial charge in [0.05, 0.1) is 12.6 Å². The van der Waals surface area contributed by atoms with E-state index in [0.717, 1.165) is 25.8 Å². The van der Waals surface area contributed by atoms with Crippen LogP contribution >= 0.6 is 0 Å². The van der Waals surface area contributed by atoms with E-state index in [1.165, 1.54) is 12.8 Å². The first-order valence-electron chi connectivity index (χ1n) is 7.51. The van der Waals surface area contributed by atoms with E-state index in [4.69, 9.17) is 0 Å². The Bertz CT molecular complexity index is 284. The summed E-state index contributed by atoms with van der Waals surface area (Å²) in [5.41, 5.74) is -0.178. The summed E-state index contributed by atoms with van der Waals surface area (Å²) in [5.74, 6) is 0.0880. The van der Waals surface area contributed by atoms with Crippen molar-refractivity contribution in [1.82, 2.24) is 10.2 Å². The molecule has 0 aliphatic carbocycles. The molecule has 4 heteroatoms. The minimum absolute atomic E-state index is 0.0880. The van der Waals surface area contributed by atoms with Crippen molar-refractivity contribution in [3.05, 3.63) is 0 Å². The highest BCUT2D eigenvalue weighted by atomic mass is 16.3. The van der Waals surface area contributed by atoms with Gasteiger partial charge in [-0.2, -0.15) is 0 Å². The molecule has 0 spiro atoms. The molecule has 1 aliphatic heterocycles. The number of rotatable bonds is 4. The number of aliphatic hydroxyl groups excluding tert-OH is 1. The fraction of sp³-hybridized carbons (Fsp3) is 0.933. The number of nitrogens with zero attached hydrogens (tertiary/aromatic N) is 1. The van der Waals surface area contributed by atoms with Gasteiger partial charge in [0.25, 0.3) is 0 Å². The molecule has 1 fully saturated rings. The average Bonchev–Trinajstić information content (AvgIpc) is 2.41. The Morgan fingerprint density at radius 1 is 1.37 bits per heavy atom. The SMILES string of the molecule is CC(O)CC1CCCCCN1CC(=O)NC(C)(C)C. The Morgan fingerprint density at radius 3 is 2.63 bits per heavy atom. The van der Waals surface area contributed by atoms with E-state index >= 15 is 0 Å². The second-order valence-corrected chi connectivity index (χ2v) is 6.86. The summed E-state index contributed by atoms with van der Waals surface area (Å²) >= 11 is 0. The first-order chi connectivity index (χ1) is 8.78. The summed E-state index contributed by atoms with van der Waals surface area (Å²) in [7, 11) is 0. The van der Waals surface area contributed by atoms with Crippen LogP contribution < -0.4 is 5.32 Å². The second kappa shape index (κ2) is 7.25. The molecule has 0 aromatic carbocycles. The summed E-state index contributed by atoms with van der Waals surface area (Å²) in [6.07, 6.45) is 5.15. The van der Waals surface area contributed by atoms with E-state index in [2.05, 4.69) is 10.2 Å². The molecule has 0 bridgehead atoms. The quantitative estimate of drug-likeness (QED) is 0.820. The fourth-order valence-electron chi connectivity index (χ4n) is 2.75. The van der Waals surface area contributed by atoms with Crippen LogP contribution in [0.25, 0.3) is 0 Å². The lowest BCUT2D eigenvalue weighted by atomic mass is 10.0.